The molecule has 4 heteroatoms. The lowest BCUT2D eigenvalue weighted by atomic mass is 9.59. The summed E-state index contributed by atoms with van der Waals surface area (Å²) in [5.74, 6) is 0.732. The van der Waals surface area contributed by atoms with E-state index >= 15 is 0 Å². The molecule has 1 aliphatic rings. The van der Waals surface area contributed by atoms with Crippen LogP contribution in [-0.2, 0) is 0 Å². The van der Waals surface area contributed by atoms with E-state index in [1.54, 1.807) is 18.2 Å². The highest BCUT2D eigenvalue weighted by molar-refractivity contribution is 6.34. The summed E-state index contributed by atoms with van der Waals surface area (Å²) in [4.78, 5) is 0. The van der Waals surface area contributed by atoms with Crippen LogP contribution in [0, 0.1) is 5.41 Å². The molecule has 0 radical (unpaired) electrons. The number of hydrogen-bond donors (Lipinski definition) is 1. The second kappa shape index (κ2) is 5.28. The molecule has 2 N–H and O–H groups in total. The zero-order chi connectivity index (χ0) is 13.3. The third-order valence-corrected chi connectivity index (χ3v) is 4.72. The maximum atomic E-state index is 6.15. The van der Waals surface area contributed by atoms with Crippen LogP contribution < -0.4 is 10.5 Å². The molecule has 1 aromatic rings. The highest BCUT2D eigenvalue weighted by Gasteiger charge is 2.52. The number of hydrogen-bond acceptors (Lipinski definition) is 2. The first-order chi connectivity index (χ1) is 8.51. The fourth-order valence-electron chi connectivity index (χ4n) is 2.93. The predicted octanol–water partition coefficient (Wildman–Crippen LogP) is 4.28. The van der Waals surface area contributed by atoms with Gasteiger partial charge in [-0.25, -0.2) is 0 Å². The SMILES string of the molecule is CCC1(CC)C(N)CC1Oc1cc(Cl)cc(Cl)c1. The summed E-state index contributed by atoms with van der Waals surface area (Å²) in [5, 5.41) is 1.19. The zero-order valence-corrected chi connectivity index (χ0v) is 12.3. The first-order valence-electron chi connectivity index (χ1n) is 6.40. The van der Waals surface area contributed by atoms with E-state index in [9.17, 15) is 0 Å². The van der Waals surface area contributed by atoms with E-state index in [4.69, 9.17) is 33.7 Å². The van der Waals surface area contributed by atoms with Gasteiger partial charge in [0.1, 0.15) is 11.9 Å². The van der Waals surface area contributed by atoms with Crippen LogP contribution in [0.5, 0.6) is 5.75 Å². The zero-order valence-electron chi connectivity index (χ0n) is 10.7. The van der Waals surface area contributed by atoms with Gasteiger partial charge in [-0.1, -0.05) is 37.0 Å². The molecule has 2 unspecified atom stereocenters. The third kappa shape index (κ3) is 2.34. The molecule has 0 aromatic heterocycles. The van der Waals surface area contributed by atoms with Crippen molar-refractivity contribution < 1.29 is 4.74 Å². The van der Waals surface area contributed by atoms with Crippen molar-refractivity contribution in [3.63, 3.8) is 0 Å². The van der Waals surface area contributed by atoms with Gasteiger partial charge in [-0.2, -0.15) is 0 Å². The van der Waals surface area contributed by atoms with Crippen LogP contribution in [0.1, 0.15) is 33.1 Å². The van der Waals surface area contributed by atoms with Crippen molar-refractivity contribution in [2.24, 2.45) is 11.1 Å². The van der Waals surface area contributed by atoms with E-state index in [0.717, 1.165) is 25.0 Å². The molecule has 0 spiro atoms. The molecular weight excluding hydrogens is 269 g/mol. The van der Waals surface area contributed by atoms with Crippen molar-refractivity contribution in [3.05, 3.63) is 28.2 Å². The molecular formula is C14H19Cl2NO. The Kier molecular flexibility index (Phi) is 4.10. The van der Waals surface area contributed by atoms with Crippen LogP contribution in [0.4, 0.5) is 0 Å². The predicted molar refractivity (Wildman–Crippen MR) is 76.5 cm³/mol. The van der Waals surface area contributed by atoms with Gasteiger partial charge >= 0.3 is 0 Å². The Hall–Kier alpha value is -0.440. The summed E-state index contributed by atoms with van der Waals surface area (Å²) < 4.78 is 6.03. The first kappa shape index (κ1) is 14.0. The standard InChI is InChI=1S/C14H19Cl2NO/c1-3-14(4-2)12(17)8-13(14)18-11-6-9(15)5-10(16)7-11/h5-7,12-13H,3-4,8,17H2,1-2H3. The minimum atomic E-state index is 0.0921. The molecule has 0 amide bonds. The third-order valence-electron chi connectivity index (χ3n) is 4.28. The maximum Gasteiger partial charge on any atom is 0.122 e. The van der Waals surface area contributed by atoms with Crippen molar-refractivity contribution in [2.45, 2.75) is 45.3 Å². The van der Waals surface area contributed by atoms with Gasteiger partial charge < -0.3 is 10.5 Å². The first-order valence-corrected chi connectivity index (χ1v) is 7.15. The average molecular weight is 288 g/mol. The van der Waals surface area contributed by atoms with Gasteiger partial charge in [0.05, 0.1) is 0 Å². The normalized spacial score (nSPS) is 25.6. The lowest BCUT2D eigenvalue weighted by molar-refractivity contribution is -0.0722. The molecule has 1 aliphatic carbocycles. The van der Waals surface area contributed by atoms with Crippen LogP contribution in [0.25, 0.3) is 0 Å². The summed E-state index contributed by atoms with van der Waals surface area (Å²) in [6.45, 7) is 4.34. The Morgan fingerprint density at radius 3 is 2.22 bits per heavy atom. The van der Waals surface area contributed by atoms with Gasteiger partial charge in [0.15, 0.2) is 0 Å². The highest BCUT2D eigenvalue weighted by atomic mass is 35.5. The second-order valence-electron chi connectivity index (χ2n) is 4.99. The average Bonchev–Trinajstić information content (AvgIpc) is 2.29. The lowest BCUT2D eigenvalue weighted by Gasteiger charge is -2.53. The van der Waals surface area contributed by atoms with Crippen molar-refractivity contribution in [1.82, 2.24) is 0 Å². The highest BCUT2D eigenvalue weighted by Crippen LogP contribution is 2.48. The molecule has 0 aliphatic heterocycles. The monoisotopic (exact) mass is 287 g/mol. The summed E-state index contributed by atoms with van der Waals surface area (Å²) in [7, 11) is 0. The van der Waals surface area contributed by atoms with Crippen LogP contribution >= 0.6 is 23.2 Å². The van der Waals surface area contributed by atoms with Crippen LogP contribution in [0.15, 0.2) is 18.2 Å². The topological polar surface area (TPSA) is 35.2 Å². The number of benzene rings is 1. The largest absolute Gasteiger partial charge is 0.490 e. The van der Waals surface area contributed by atoms with E-state index in [1.165, 1.54) is 0 Å². The molecule has 100 valence electrons. The van der Waals surface area contributed by atoms with Gasteiger partial charge in [-0.3, -0.25) is 0 Å². The van der Waals surface area contributed by atoms with E-state index in [-0.39, 0.29) is 17.6 Å². The summed E-state index contributed by atoms with van der Waals surface area (Å²) >= 11 is 11.9. The number of ether oxygens (including phenoxy) is 1. The molecule has 2 atom stereocenters. The van der Waals surface area contributed by atoms with Gasteiger partial charge in [0, 0.05) is 27.9 Å². The van der Waals surface area contributed by atoms with Crippen molar-refractivity contribution in [1.29, 1.82) is 0 Å². The Balaban J connectivity index is 2.15. The van der Waals surface area contributed by atoms with Crippen molar-refractivity contribution >= 4 is 23.2 Å². The second-order valence-corrected chi connectivity index (χ2v) is 5.87. The molecule has 2 nitrogen and oxygen atoms in total. The van der Waals surface area contributed by atoms with Crippen LogP contribution in [0.2, 0.25) is 10.0 Å². The molecule has 18 heavy (non-hydrogen) atoms. The summed E-state index contributed by atoms with van der Waals surface area (Å²) in [6, 6.07) is 5.53. The quantitative estimate of drug-likeness (QED) is 0.897. The van der Waals surface area contributed by atoms with E-state index in [1.807, 2.05) is 0 Å². The molecule has 1 aromatic carbocycles. The number of nitrogens with two attached hydrogens (primary N) is 1. The maximum absolute atomic E-state index is 6.15. The minimum absolute atomic E-state index is 0.0921. The molecule has 2 rings (SSSR count). The van der Waals surface area contributed by atoms with Crippen molar-refractivity contribution in [2.75, 3.05) is 0 Å². The molecule has 0 saturated heterocycles. The Labute approximate surface area is 118 Å². The van der Waals surface area contributed by atoms with E-state index in [0.29, 0.717) is 10.0 Å². The van der Waals surface area contributed by atoms with Crippen molar-refractivity contribution in [3.8, 4) is 5.75 Å². The molecule has 0 bridgehead atoms. The smallest absolute Gasteiger partial charge is 0.122 e. The fourth-order valence-corrected chi connectivity index (χ4v) is 3.44. The Morgan fingerprint density at radius 2 is 1.78 bits per heavy atom. The van der Waals surface area contributed by atoms with Gasteiger partial charge in [0.25, 0.3) is 0 Å². The van der Waals surface area contributed by atoms with Gasteiger partial charge in [-0.15, -0.1) is 0 Å². The van der Waals surface area contributed by atoms with Gasteiger partial charge in [-0.05, 0) is 31.0 Å². The molecule has 1 saturated carbocycles. The summed E-state index contributed by atoms with van der Waals surface area (Å²) in [6.07, 6.45) is 3.12. The van der Waals surface area contributed by atoms with Crippen LogP contribution in [0.3, 0.4) is 0 Å². The Morgan fingerprint density at radius 1 is 1.22 bits per heavy atom. The molecule has 1 fully saturated rings. The van der Waals surface area contributed by atoms with E-state index in [2.05, 4.69) is 13.8 Å². The molecule has 0 heterocycles. The van der Waals surface area contributed by atoms with E-state index < -0.39 is 0 Å². The lowest BCUT2D eigenvalue weighted by Crippen LogP contribution is -2.62. The van der Waals surface area contributed by atoms with Gasteiger partial charge in [0.2, 0.25) is 0 Å². The number of halogens is 2. The summed E-state index contributed by atoms with van der Waals surface area (Å²) in [5.41, 5.74) is 6.24. The Bertz CT molecular complexity index is 412. The minimum Gasteiger partial charge on any atom is -0.490 e. The fraction of sp³-hybridized carbons (Fsp3) is 0.571. The van der Waals surface area contributed by atoms with Crippen LogP contribution in [-0.4, -0.2) is 12.1 Å². The number of rotatable bonds is 4.